The number of methoxy groups -OCH3 is 4. The van der Waals surface area contributed by atoms with Crippen LogP contribution < -0.4 is 107 Å². The molecule has 34 heavy (non-hydrogen) atoms. The minimum absolute atomic E-state index is 0. The van der Waals surface area contributed by atoms with Gasteiger partial charge in [-0.15, -0.1) is 0 Å². The van der Waals surface area contributed by atoms with E-state index in [1.54, 1.807) is 12.1 Å². The summed E-state index contributed by atoms with van der Waals surface area (Å²) in [5.41, 5.74) is 0.642. The van der Waals surface area contributed by atoms with E-state index in [1.165, 1.54) is 33.5 Å². The first-order valence-electron chi connectivity index (χ1n) is 8.54. The van der Waals surface area contributed by atoms with E-state index >= 15 is 0 Å². The van der Waals surface area contributed by atoms with Crippen LogP contribution in [-0.4, -0.2) is 28.4 Å². The molecule has 2 aromatic rings. The third-order valence-corrected chi connectivity index (χ3v) is 4.66. The van der Waals surface area contributed by atoms with Gasteiger partial charge in [-0.3, -0.25) is 0 Å². The van der Waals surface area contributed by atoms with E-state index in [0.29, 0.717) is 22.8 Å². The fourth-order valence-corrected chi connectivity index (χ4v) is 3.41. The molecule has 0 radical (unpaired) electrons. The van der Waals surface area contributed by atoms with Crippen molar-refractivity contribution in [3.63, 3.8) is 0 Å². The maximum atomic E-state index is 11.1. The zero-order valence-electron chi connectivity index (χ0n) is 19.3. The van der Waals surface area contributed by atoms with Gasteiger partial charge in [-0.2, -0.15) is 0 Å². The molecule has 0 N–H and O–H groups in total. The second kappa shape index (κ2) is 14.1. The third kappa shape index (κ3) is 9.73. The van der Waals surface area contributed by atoms with Crippen LogP contribution in [0.25, 0.3) is 12.2 Å². The molecule has 0 aliphatic heterocycles. The van der Waals surface area contributed by atoms with E-state index in [9.17, 15) is 28.7 Å². The molecule has 0 saturated heterocycles. The van der Waals surface area contributed by atoms with Crippen molar-refractivity contribution in [2.24, 2.45) is 0 Å². The van der Waals surface area contributed by atoms with Gasteiger partial charge in [0, 0.05) is 0 Å². The van der Waals surface area contributed by atoms with Crippen molar-refractivity contribution in [2.75, 3.05) is 28.4 Å². The maximum Gasteiger partial charge on any atom is 1.00 e. The summed E-state index contributed by atoms with van der Waals surface area (Å²) < 4.78 is 51.4. The van der Waals surface area contributed by atoms with Crippen molar-refractivity contribution < 1.29 is 116 Å². The van der Waals surface area contributed by atoms with Crippen LogP contribution in [0.3, 0.4) is 0 Å². The van der Waals surface area contributed by atoms with Gasteiger partial charge in [0.1, 0.15) is 15.6 Å². The molecule has 2 rings (SSSR count). The Morgan fingerprint density at radius 3 is 1.15 bits per heavy atom. The van der Waals surface area contributed by atoms with Crippen LogP contribution in [0, 0.1) is 0 Å². The van der Waals surface area contributed by atoms with Gasteiger partial charge < -0.3 is 56.7 Å². The van der Waals surface area contributed by atoms with Gasteiger partial charge >= 0.3 is 59.1 Å². The fourth-order valence-electron chi connectivity index (χ4n) is 2.66. The SMILES string of the molecule is COc1cc(/C=C\c2cc(OP(=O)([O-])[O-])c(OC)c(OP(=O)([O-])[O-])c2)cc(OC)c1OC.[Na+].[Na+]. The molecule has 0 saturated carbocycles. The number of rotatable bonds is 10. The van der Waals surface area contributed by atoms with Crippen LogP contribution in [0.15, 0.2) is 24.3 Å². The van der Waals surface area contributed by atoms with Gasteiger partial charge in [-0.05, 0) is 35.4 Å². The molecule has 0 unspecified atom stereocenters. The normalized spacial score (nSPS) is 11.2. The Balaban J connectivity index is 0.00000544. The Bertz CT molecular complexity index is 1030. The zero-order chi connectivity index (χ0) is 24.1. The van der Waals surface area contributed by atoms with Crippen molar-refractivity contribution in [3.8, 4) is 34.5 Å². The molecule has 0 fully saturated rings. The second-order valence-electron chi connectivity index (χ2n) is 5.92. The van der Waals surface area contributed by atoms with Gasteiger partial charge in [0.25, 0.3) is 0 Å². The van der Waals surface area contributed by atoms with Crippen LogP contribution in [0.2, 0.25) is 0 Å². The van der Waals surface area contributed by atoms with Crippen LogP contribution in [-0.2, 0) is 9.13 Å². The summed E-state index contributed by atoms with van der Waals surface area (Å²) in [6, 6.07) is 5.35. The Kier molecular flexibility index (Phi) is 13.8. The van der Waals surface area contributed by atoms with E-state index in [0.717, 1.165) is 19.2 Å². The summed E-state index contributed by atoms with van der Waals surface area (Å²) in [4.78, 5) is 44.3. The summed E-state index contributed by atoms with van der Waals surface area (Å²) in [6.07, 6.45) is 2.91. The van der Waals surface area contributed by atoms with E-state index in [4.69, 9.17) is 18.9 Å². The Labute approximate surface area is 240 Å². The topological polar surface area (TPSA) is 182 Å². The summed E-state index contributed by atoms with van der Waals surface area (Å²) in [7, 11) is -5.80. The van der Waals surface area contributed by atoms with E-state index in [1.807, 2.05) is 0 Å². The average molecular weight is 534 g/mol. The molecular weight excluding hydrogens is 516 g/mol. The summed E-state index contributed by atoms with van der Waals surface area (Å²) in [5, 5.41) is 0. The predicted octanol–water partition coefficient (Wildman–Crippen LogP) is -5.69. The van der Waals surface area contributed by atoms with Gasteiger partial charge in [-0.25, -0.2) is 0 Å². The molecule has 0 aromatic heterocycles. The van der Waals surface area contributed by atoms with Crippen molar-refractivity contribution in [1.82, 2.24) is 0 Å². The van der Waals surface area contributed by atoms with Crippen LogP contribution in [0.4, 0.5) is 0 Å². The predicted molar refractivity (Wildman–Crippen MR) is 104 cm³/mol. The molecule has 12 nitrogen and oxygen atoms in total. The molecule has 176 valence electrons. The summed E-state index contributed by atoms with van der Waals surface area (Å²) in [6.45, 7) is 0. The minimum Gasteiger partial charge on any atom is -0.780 e. The Hall–Kier alpha value is -0.720. The number of hydrogen-bond acceptors (Lipinski definition) is 12. The van der Waals surface area contributed by atoms with E-state index in [-0.39, 0.29) is 64.7 Å². The van der Waals surface area contributed by atoms with E-state index in [2.05, 4.69) is 9.05 Å². The van der Waals surface area contributed by atoms with Crippen molar-refractivity contribution in [2.45, 2.75) is 0 Å². The first-order chi connectivity index (χ1) is 14.9. The van der Waals surface area contributed by atoms with Crippen molar-refractivity contribution >= 4 is 27.8 Å². The minimum atomic E-state index is -5.56. The fraction of sp³-hybridized carbons (Fsp3) is 0.222. The summed E-state index contributed by atoms with van der Waals surface area (Å²) in [5.74, 6) is -0.856. The zero-order valence-corrected chi connectivity index (χ0v) is 25.0. The maximum absolute atomic E-state index is 11.1. The molecule has 0 bridgehead atoms. The molecule has 0 amide bonds. The number of benzene rings is 2. The third-order valence-electron chi connectivity index (χ3n) is 3.82. The number of phosphoric ester groups is 2. The Morgan fingerprint density at radius 1 is 0.588 bits per heavy atom. The van der Waals surface area contributed by atoms with Crippen LogP contribution in [0.5, 0.6) is 34.5 Å². The van der Waals surface area contributed by atoms with E-state index < -0.39 is 32.9 Å². The standard InChI is InChI=1S/C18H22O12P2.2Na/c1-25-13-7-11(8-14(26-2)17(13)27-3)5-6-12-9-15(29-31(19,20)21)18(28-4)16(10-12)30-32(22,23)24;;/h5-10H,1-4H3,(H2,19,20,21)(H2,22,23,24);;/q;2*+1/p-4/b6-5-;;. The van der Waals surface area contributed by atoms with Gasteiger partial charge in [0.05, 0.1) is 28.4 Å². The Morgan fingerprint density at radius 2 is 0.882 bits per heavy atom. The van der Waals surface area contributed by atoms with Crippen molar-refractivity contribution in [3.05, 3.63) is 35.4 Å². The molecular formula is C18H18Na2O12P2-2. The molecule has 16 heteroatoms. The van der Waals surface area contributed by atoms with Gasteiger partial charge in [-0.1, -0.05) is 12.2 Å². The first-order valence-corrected chi connectivity index (χ1v) is 11.5. The summed E-state index contributed by atoms with van der Waals surface area (Å²) >= 11 is 0. The average Bonchev–Trinajstić information content (AvgIpc) is 2.68. The molecule has 0 aliphatic carbocycles. The molecule has 0 atom stereocenters. The monoisotopic (exact) mass is 534 g/mol. The molecule has 0 spiro atoms. The first kappa shape index (κ1) is 33.3. The quantitative estimate of drug-likeness (QED) is 0.160. The number of hydrogen-bond donors (Lipinski definition) is 0. The number of phosphoric acid groups is 2. The second-order valence-corrected chi connectivity index (χ2v) is 8.07. The van der Waals surface area contributed by atoms with Crippen LogP contribution in [0.1, 0.15) is 11.1 Å². The molecule has 2 aromatic carbocycles. The molecule has 0 aliphatic rings. The van der Waals surface area contributed by atoms with Gasteiger partial charge in [0.15, 0.2) is 23.0 Å². The number of ether oxygens (including phenoxy) is 4. The van der Waals surface area contributed by atoms with Crippen LogP contribution >= 0.6 is 15.6 Å². The smallest absolute Gasteiger partial charge is 0.780 e. The largest absolute Gasteiger partial charge is 1.00 e. The van der Waals surface area contributed by atoms with Gasteiger partial charge in [0.2, 0.25) is 11.5 Å². The molecule has 0 heterocycles. The van der Waals surface area contributed by atoms with Crippen molar-refractivity contribution in [1.29, 1.82) is 0 Å².